The number of nitrogens with one attached hydrogen (secondary N) is 1. The van der Waals surface area contributed by atoms with Crippen LogP contribution in [0.4, 0.5) is 5.82 Å². The van der Waals surface area contributed by atoms with Gasteiger partial charge in [-0.15, -0.1) is 0 Å². The zero-order valence-corrected chi connectivity index (χ0v) is 13.1. The molecule has 108 valence electrons. The van der Waals surface area contributed by atoms with Crippen molar-refractivity contribution in [3.05, 3.63) is 17.0 Å². The van der Waals surface area contributed by atoms with E-state index in [1.165, 1.54) is 0 Å². The highest BCUT2D eigenvalue weighted by atomic mass is 35.5. The molecule has 0 aliphatic rings. The van der Waals surface area contributed by atoms with Crippen molar-refractivity contribution in [2.24, 2.45) is 0 Å². The van der Waals surface area contributed by atoms with Gasteiger partial charge >= 0.3 is 0 Å². The van der Waals surface area contributed by atoms with Crippen LogP contribution in [0.15, 0.2) is 6.07 Å². The third-order valence-corrected chi connectivity index (χ3v) is 4.16. The van der Waals surface area contributed by atoms with E-state index in [2.05, 4.69) is 15.3 Å². The second-order valence-corrected chi connectivity index (χ2v) is 6.34. The van der Waals surface area contributed by atoms with Crippen LogP contribution < -0.4 is 5.32 Å². The van der Waals surface area contributed by atoms with Crippen LogP contribution in [0.2, 0.25) is 5.15 Å². The van der Waals surface area contributed by atoms with Crippen molar-refractivity contribution in [2.45, 2.75) is 32.1 Å². The van der Waals surface area contributed by atoms with Crippen LogP contribution in [0.1, 0.15) is 26.1 Å². The SMILES string of the molecule is CCOCc1nc(Cl)cc(NCCC(C)S(C)=O)n1. The lowest BCUT2D eigenvalue weighted by molar-refractivity contribution is 0.128. The Morgan fingerprint density at radius 1 is 1.53 bits per heavy atom. The quantitative estimate of drug-likeness (QED) is 0.746. The first kappa shape index (κ1) is 16.3. The van der Waals surface area contributed by atoms with Gasteiger partial charge in [0.25, 0.3) is 0 Å². The molecule has 0 saturated heterocycles. The maximum Gasteiger partial charge on any atom is 0.158 e. The highest BCUT2D eigenvalue weighted by Crippen LogP contribution is 2.12. The van der Waals surface area contributed by atoms with E-state index in [0.717, 1.165) is 6.42 Å². The van der Waals surface area contributed by atoms with Gasteiger partial charge in [0.05, 0.1) is 0 Å². The predicted octanol–water partition coefficient (Wildman–Crippen LogP) is 2.24. The maximum absolute atomic E-state index is 11.2. The lowest BCUT2D eigenvalue weighted by Gasteiger charge is -2.10. The van der Waals surface area contributed by atoms with Gasteiger partial charge in [-0.2, -0.15) is 0 Å². The summed E-state index contributed by atoms with van der Waals surface area (Å²) in [6, 6.07) is 1.67. The summed E-state index contributed by atoms with van der Waals surface area (Å²) in [4.78, 5) is 8.39. The number of hydrogen-bond donors (Lipinski definition) is 1. The summed E-state index contributed by atoms with van der Waals surface area (Å²) in [5.41, 5.74) is 0. The second-order valence-electron chi connectivity index (χ2n) is 4.15. The van der Waals surface area contributed by atoms with Crippen molar-refractivity contribution in [3.8, 4) is 0 Å². The Morgan fingerprint density at radius 3 is 2.89 bits per heavy atom. The number of hydrogen-bond acceptors (Lipinski definition) is 5. The highest BCUT2D eigenvalue weighted by molar-refractivity contribution is 7.84. The van der Waals surface area contributed by atoms with Crippen LogP contribution in [-0.2, 0) is 22.1 Å². The standard InChI is InChI=1S/C12H20ClN3O2S/c1-4-18-8-12-15-10(13)7-11(16-12)14-6-5-9(2)19(3)17/h7,9H,4-6,8H2,1-3H3,(H,14,15,16). The molecule has 0 spiro atoms. The van der Waals surface area contributed by atoms with Gasteiger partial charge in [0.15, 0.2) is 5.82 Å². The van der Waals surface area contributed by atoms with Gasteiger partial charge in [-0.3, -0.25) is 4.21 Å². The maximum atomic E-state index is 11.2. The minimum atomic E-state index is -0.800. The van der Waals surface area contributed by atoms with Gasteiger partial charge in [-0.1, -0.05) is 18.5 Å². The number of aromatic nitrogens is 2. The molecule has 0 amide bonds. The Morgan fingerprint density at radius 2 is 2.26 bits per heavy atom. The molecule has 1 aromatic rings. The molecule has 0 aliphatic heterocycles. The van der Waals surface area contributed by atoms with E-state index < -0.39 is 10.8 Å². The molecular weight excluding hydrogens is 286 g/mol. The van der Waals surface area contributed by atoms with Crippen molar-refractivity contribution in [1.82, 2.24) is 9.97 Å². The molecule has 1 aromatic heterocycles. The third kappa shape index (κ3) is 6.31. The highest BCUT2D eigenvalue weighted by Gasteiger charge is 2.07. The number of ether oxygens (including phenoxy) is 1. The van der Waals surface area contributed by atoms with Crippen molar-refractivity contribution in [3.63, 3.8) is 0 Å². The first-order valence-electron chi connectivity index (χ1n) is 6.20. The van der Waals surface area contributed by atoms with Crippen LogP contribution >= 0.6 is 11.6 Å². The van der Waals surface area contributed by atoms with Crippen molar-refractivity contribution < 1.29 is 8.95 Å². The summed E-state index contributed by atoms with van der Waals surface area (Å²) in [6.45, 7) is 5.53. The monoisotopic (exact) mass is 305 g/mol. The molecule has 0 fully saturated rings. The Bertz CT molecular complexity index is 431. The molecule has 0 radical (unpaired) electrons. The van der Waals surface area contributed by atoms with Gasteiger partial charge in [0.2, 0.25) is 0 Å². The molecule has 1 heterocycles. The number of anilines is 1. The Balaban J connectivity index is 2.53. The summed E-state index contributed by atoms with van der Waals surface area (Å²) in [5.74, 6) is 1.23. The second kappa shape index (κ2) is 8.45. The van der Waals surface area contributed by atoms with Gasteiger partial charge in [0, 0.05) is 41.5 Å². The molecule has 19 heavy (non-hydrogen) atoms. The van der Waals surface area contributed by atoms with Crippen LogP contribution in [0.25, 0.3) is 0 Å². The average molecular weight is 306 g/mol. The van der Waals surface area contributed by atoms with Gasteiger partial charge in [0.1, 0.15) is 17.6 Å². The molecule has 1 rings (SSSR count). The minimum Gasteiger partial charge on any atom is -0.374 e. The smallest absolute Gasteiger partial charge is 0.158 e. The number of rotatable bonds is 8. The summed E-state index contributed by atoms with van der Waals surface area (Å²) < 4.78 is 16.5. The average Bonchev–Trinajstić information content (AvgIpc) is 2.35. The minimum absolute atomic E-state index is 0.160. The summed E-state index contributed by atoms with van der Waals surface area (Å²) in [5, 5.41) is 3.71. The number of halogens is 1. The van der Waals surface area contributed by atoms with E-state index in [1.54, 1.807) is 12.3 Å². The van der Waals surface area contributed by atoms with Crippen molar-refractivity contribution in [1.29, 1.82) is 0 Å². The Labute approximate surface area is 121 Å². The molecule has 7 heteroatoms. The van der Waals surface area contributed by atoms with E-state index in [-0.39, 0.29) is 5.25 Å². The fourth-order valence-corrected chi connectivity index (χ4v) is 2.03. The van der Waals surface area contributed by atoms with E-state index in [0.29, 0.717) is 36.6 Å². The predicted molar refractivity (Wildman–Crippen MR) is 79.0 cm³/mol. The third-order valence-electron chi connectivity index (χ3n) is 2.60. The lowest BCUT2D eigenvalue weighted by atomic mass is 10.3. The molecular formula is C12H20ClN3O2S. The summed E-state index contributed by atoms with van der Waals surface area (Å²) >= 11 is 5.93. The molecule has 0 saturated carbocycles. The molecule has 1 N–H and O–H groups in total. The molecule has 0 bridgehead atoms. The molecule has 0 aliphatic carbocycles. The van der Waals surface area contributed by atoms with Crippen LogP contribution in [0.3, 0.4) is 0 Å². The molecule has 2 atom stereocenters. The fraction of sp³-hybridized carbons (Fsp3) is 0.667. The van der Waals surface area contributed by atoms with Crippen LogP contribution in [0.5, 0.6) is 0 Å². The van der Waals surface area contributed by atoms with E-state index in [4.69, 9.17) is 16.3 Å². The lowest BCUT2D eigenvalue weighted by Crippen LogP contribution is -2.15. The normalized spacial score (nSPS) is 14.1. The first-order chi connectivity index (χ1) is 9.02. The van der Waals surface area contributed by atoms with Crippen LogP contribution in [-0.4, -0.2) is 38.8 Å². The molecule has 2 unspecified atom stereocenters. The van der Waals surface area contributed by atoms with Gasteiger partial charge < -0.3 is 10.1 Å². The van der Waals surface area contributed by atoms with Gasteiger partial charge in [-0.25, -0.2) is 9.97 Å². The Kier molecular flexibility index (Phi) is 7.27. The van der Waals surface area contributed by atoms with E-state index in [1.807, 2.05) is 13.8 Å². The zero-order valence-electron chi connectivity index (χ0n) is 11.5. The largest absolute Gasteiger partial charge is 0.374 e. The first-order valence-corrected chi connectivity index (χ1v) is 8.20. The fourth-order valence-electron chi connectivity index (χ4n) is 1.38. The summed E-state index contributed by atoms with van der Waals surface area (Å²) in [7, 11) is -0.800. The number of nitrogens with zero attached hydrogens (tertiary/aromatic N) is 2. The molecule has 5 nitrogen and oxygen atoms in total. The van der Waals surface area contributed by atoms with E-state index >= 15 is 0 Å². The zero-order chi connectivity index (χ0) is 14.3. The van der Waals surface area contributed by atoms with Crippen molar-refractivity contribution in [2.75, 3.05) is 24.7 Å². The van der Waals surface area contributed by atoms with Gasteiger partial charge in [-0.05, 0) is 13.3 Å². The van der Waals surface area contributed by atoms with E-state index in [9.17, 15) is 4.21 Å². The van der Waals surface area contributed by atoms with Crippen LogP contribution in [0, 0.1) is 0 Å². The molecule has 0 aromatic carbocycles. The van der Waals surface area contributed by atoms with Crippen molar-refractivity contribution >= 4 is 28.2 Å². The summed E-state index contributed by atoms with van der Waals surface area (Å²) in [6.07, 6.45) is 2.53. The Hall–Kier alpha value is -0.720. The topological polar surface area (TPSA) is 64.1 Å².